The van der Waals surface area contributed by atoms with Crippen molar-refractivity contribution in [3.63, 3.8) is 0 Å². The number of nitrogens with zero attached hydrogens (tertiary/aromatic N) is 1. The van der Waals surface area contributed by atoms with Crippen LogP contribution in [0, 0.1) is 11.8 Å². The maximum Gasteiger partial charge on any atom is 0.222 e. The highest BCUT2D eigenvalue weighted by molar-refractivity contribution is 5.76. The van der Waals surface area contributed by atoms with Gasteiger partial charge in [0.25, 0.3) is 0 Å². The number of likely N-dealkylation sites (N-methyl/N-ethyl adjacent to an activating group) is 1. The van der Waals surface area contributed by atoms with E-state index in [1.807, 2.05) is 11.9 Å². The van der Waals surface area contributed by atoms with E-state index in [1.165, 1.54) is 12.8 Å². The molecular formula is C15H26N2O. The van der Waals surface area contributed by atoms with E-state index < -0.39 is 0 Å². The normalized spacial score (nSPS) is 33.5. The van der Waals surface area contributed by atoms with Gasteiger partial charge < -0.3 is 10.2 Å². The lowest BCUT2D eigenvalue weighted by Gasteiger charge is -2.34. The monoisotopic (exact) mass is 250 g/mol. The minimum Gasteiger partial charge on any atom is -0.344 e. The SMILES string of the molecule is CC1=CCCC(C)C1CNC1CCC(=O)N(C)C1. The average Bonchev–Trinajstić information content (AvgIpc) is 2.33. The van der Waals surface area contributed by atoms with Crippen LogP contribution in [0.15, 0.2) is 11.6 Å². The van der Waals surface area contributed by atoms with Gasteiger partial charge in [0.05, 0.1) is 0 Å². The van der Waals surface area contributed by atoms with Crippen LogP contribution in [0.5, 0.6) is 0 Å². The van der Waals surface area contributed by atoms with Crippen LogP contribution in [0.4, 0.5) is 0 Å². The van der Waals surface area contributed by atoms with Crippen LogP contribution in [0.25, 0.3) is 0 Å². The fourth-order valence-electron chi connectivity index (χ4n) is 3.21. The molecule has 1 N–H and O–H groups in total. The Bertz CT molecular complexity index is 337. The number of nitrogens with one attached hydrogen (secondary N) is 1. The molecule has 3 atom stereocenters. The van der Waals surface area contributed by atoms with Gasteiger partial charge in [-0.15, -0.1) is 0 Å². The summed E-state index contributed by atoms with van der Waals surface area (Å²) in [5.74, 6) is 1.75. The second-order valence-electron chi connectivity index (χ2n) is 6.03. The molecule has 0 radical (unpaired) electrons. The van der Waals surface area contributed by atoms with Gasteiger partial charge in [0.1, 0.15) is 0 Å². The molecule has 102 valence electrons. The number of hydrogen-bond donors (Lipinski definition) is 1. The third-order valence-electron chi connectivity index (χ3n) is 4.61. The second-order valence-corrected chi connectivity index (χ2v) is 6.03. The highest BCUT2D eigenvalue weighted by atomic mass is 16.2. The first-order valence-electron chi connectivity index (χ1n) is 7.22. The smallest absolute Gasteiger partial charge is 0.222 e. The van der Waals surface area contributed by atoms with Crippen molar-refractivity contribution in [1.82, 2.24) is 10.2 Å². The lowest BCUT2D eigenvalue weighted by molar-refractivity contribution is -0.132. The summed E-state index contributed by atoms with van der Waals surface area (Å²) in [5, 5.41) is 3.67. The second kappa shape index (κ2) is 5.87. The lowest BCUT2D eigenvalue weighted by atomic mass is 9.80. The van der Waals surface area contributed by atoms with Gasteiger partial charge >= 0.3 is 0 Å². The maximum absolute atomic E-state index is 11.4. The summed E-state index contributed by atoms with van der Waals surface area (Å²) in [6, 6.07) is 0.481. The molecule has 1 aliphatic carbocycles. The molecule has 2 aliphatic rings. The molecule has 1 heterocycles. The molecule has 1 aliphatic heterocycles. The highest BCUT2D eigenvalue weighted by Gasteiger charge is 2.26. The zero-order valence-electron chi connectivity index (χ0n) is 11.9. The Kier molecular flexibility index (Phi) is 4.44. The van der Waals surface area contributed by atoms with Crippen LogP contribution in [0.1, 0.15) is 39.5 Å². The standard InChI is InChI=1S/C15H26N2O/c1-11-5-4-6-12(2)14(11)9-16-13-7-8-15(18)17(3)10-13/h5,12-14,16H,4,6-10H2,1-3H3. The van der Waals surface area contributed by atoms with Crippen LogP contribution in [-0.4, -0.2) is 37.0 Å². The number of carbonyl (C=O) groups is 1. The minimum absolute atomic E-state index is 0.287. The predicted molar refractivity (Wildman–Crippen MR) is 74.3 cm³/mol. The topological polar surface area (TPSA) is 32.3 Å². The average molecular weight is 250 g/mol. The van der Waals surface area contributed by atoms with Gasteiger partial charge in [-0.05, 0) is 38.0 Å². The van der Waals surface area contributed by atoms with E-state index in [0.717, 1.165) is 25.4 Å². The number of hydrogen-bond acceptors (Lipinski definition) is 2. The summed E-state index contributed by atoms with van der Waals surface area (Å²) in [7, 11) is 1.91. The molecule has 3 nitrogen and oxygen atoms in total. The number of amides is 1. The van der Waals surface area contributed by atoms with E-state index in [0.29, 0.717) is 18.4 Å². The van der Waals surface area contributed by atoms with E-state index in [1.54, 1.807) is 5.57 Å². The van der Waals surface area contributed by atoms with Crippen molar-refractivity contribution in [1.29, 1.82) is 0 Å². The Morgan fingerprint density at radius 1 is 1.44 bits per heavy atom. The maximum atomic E-state index is 11.4. The van der Waals surface area contributed by atoms with Gasteiger partial charge in [-0.3, -0.25) is 4.79 Å². The molecular weight excluding hydrogens is 224 g/mol. The highest BCUT2D eigenvalue weighted by Crippen LogP contribution is 2.29. The summed E-state index contributed by atoms with van der Waals surface area (Å²) in [5.41, 5.74) is 1.54. The van der Waals surface area contributed by atoms with Gasteiger partial charge in [0.15, 0.2) is 0 Å². The number of allylic oxidation sites excluding steroid dienone is 1. The number of piperidine rings is 1. The van der Waals surface area contributed by atoms with E-state index in [9.17, 15) is 4.79 Å². The molecule has 0 aromatic heterocycles. The lowest BCUT2D eigenvalue weighted by Crippen LogP contribution is -2.48. The quantitative estimate of drug-likeness (QED) is 0.779. The van der Waals surface area contributed by atoms with E-state index in [4.69, 9.17) is 0 Å². The molecule has 1 fully saturated rings. The minimum atomic E-state index is 0.287. The van der Waals surface area contributed by atoms with Gasteiger partial charge in [-0.2, -0.15) is 0 Å². The number of carbonyl (C=O) groups excluding carboxylic acids is 1. The molecule has 0 saturated carbocycles. The van der Waals surface area contributed by atoms with Crippen molar-refractivity contribution in [2.24, 2.45) is 11.8 Å². The number of likely N-dealkylation sites (tertiary alicyclic amines) is 1. The first kappa shape index (κ1) is 13.6. The summed E-state index contributed by atoms with van der Waals surface area (Å²) in [4.78, 5) is 13.3. The Morgan fingerprint density at radius 3 is 2.89 bits per heavy atom. The van der Waals surface area contributed by atoms with E-state index in [-0.39, 0.29) is 5.91 Å². The van der Waals surface area contributed by atoms with Gasteiger partial charge in [0.2, 0.25) is 5.91 Å². The van der Waals surface area contributed by atoms with Crippen molar-refractivity contribution in [2.75, 3.05) is 20.1 Å². The Hall–Kier alpha value is -0.830. The van der Waals surface area contributed by atoms with Crippen LogP contribution >= 0.6 is 0 Å². The Labute approximate surface area is 111 Å². The molecule has 3 heteroatoms. The third kappa shape index (κ3) is 3.14. The number of rotatable bonds is 3. The largest absolute Gasteiger partial charge is 0.344 e. The fraction of sp³-hybridized carbons (Fsp3) is 0.800. The molecule has 18 heavy (non-hydrogen) atoms. The van der Waals surface area contributed by atoms with Crippen LogP contribution in [0.2, 0.25) is 0 Å². The predicted octanol–water partition coefficient (Wildman–Crippen LogP) is 2.19. The molecule has 2 rings (SSSR count). The van der Waals surface area contributed by atoms with E-state index in [2.05, 4.69) is 25.2 Å². The third-order valence-corrected chi connectivity index (χ3v) is 4.61. The van der Waals surface area contributed by atoms with Crippen molar-refractivity contribution in [3.8, 4) is 0 Å². The summed E-state index contributed by atoms with van der Waals surface area (Å²) in [6.07, 6.45) is 6.63. The molecule has 0 aromatic carbocycles. The van der Waals surface area contributed by atoms with Crippen LogP contribution < -0.4 is 5.32 Å². The summed E-state index contributed by atoms with van der Waals surface area (Å²) >= 11 is 0. The van der Waals surface area contributed by atoms with Gasteiger partial charge in [-0.25, -0.2) is 0 Å². The molecule has 0 spiro atoms. The Morgan fingerprint density at radius 2 is 2.22 bits per heavy atom. The van der Waals surface area contributed by atoms with Gasteiger partial charge in [-0.1, -0.05) is 18.6 Å². The zero-order valence-corrected chi connectivity index (χ0v) is 11.9. The molecule has 0 bridgehead atoms. The molecule has 3 unspecified atom stereocenters. The first-order chi connectivity index (χ1) is 8.58. The van der Waals surface area contributed by atoms with E-state index >= 15 is 0 Å². The van der Waals surface area contributed by atoms with Crippen molar-refractivity contribution < 1.29 is 4.79 Å². The van der Waals surface area contributed by atoms with Gasteiger partial charge in [0, 0.05) is 32.6 Å². The summed E-state index contributed by atoms with van der Waals surface area (Å²) in [6.45, 7) is 6.55. The molecule has 1 saturated heterocycles. The first-order valence-corrected chi connectivity index (χ1v) is 7.22. The van der Waals surface area contributed by atoms with Crippen molar-refractivity contribution in [3.05, 3.63) is 11.6 Å². The zero-order chi connectivity index (χ0) is 13.1. The van der Waals surface area contributed by atoms with Crippen molar-refractivity contribution >= 4 is 5.91 Å². The summed E-state index contributed by atoms with van der Waals surface area (Å²) < 4.78 is 0. The fourth-order valence-corrected chi connectivity index (χ4v) is 3.21. The van der Waals surface area contributed by atoms with Crippen LogP contribution in [-0.2, 0) is 4.79 Å². The van der Waals surface area contributed by atoms with Crippen molar-refractivity contribution in [2.45, 2.75) is 45.6 Å². The Balaban J connectivity index is 1.82. The molecule has 1 amide bonds. The van der Waals surface area contributed by atoms with Crippen LogP contribution in [0.3, 0.4) is 0 Å². The molecule has 0 aromatic rings.